The summed E-state index contributed by atoms with van der Waals surface area (Å²) in [6.45, 7) is 1.91. The summed E-state index contributed by atoms with van der Waals surface area (Å²) < 4.78 is 5.04. The molecule has 4 nitrogen and oxygen atoms in total. The van der Waals surface area contributed by atoms with Gasteiger partial charge in [-0.15, -0.1) is 0 Å². The van der Waals surface area contributed by atoms with Crippen molar-refractivity contribution in [3.63, 3.8) is 0 Å². The van der Waals surface area contributed by atoms with E-state index < -0.39 is 0 Å². The lowest BCUT2D eigenvalue weighted by atomic mass is 9.95. The first-order valence-corrected chi connectivity index (χ1v) is 8.80. The third-order valence-corrected chi connectivity index (χ3v) is 4.89. The van der Waals surface area contributed by atoms with E-state index in [9.17, 15) is 4.79 Å². The second-order valence-corrected chi connectivity index (χ2v) is 6.54. The molecule has 1 aliphatic heterocycles. The standard InChI is InChI=1S/C20H26N2O2/c1-24-20-14-21-17(13-19(20)23)15-22-12-6-5-9-18(22)11-10-16-7-3-2-4-8-16/h2-4,7-8,13-14,18H,5-6,9-12,15H2,1H3,(H,21,23)/t18-/m1/s1. The number of methoxy groups -OCH3 is 1. The Bertz CT molecular complexity index is 696. The van der Waals surface area contributed by atoms with Crippen molar-refractivity contribution in [2.24, 2.45) is 0 Å². The molecule has 0 radical (unpaired) electrons. The second-order valence-electron chi connectivity index (χ2n) is 6.54. The molecule has 2 aromatic rings. The minimum absolute atomic E-state index is 0.0518. The number of nitrogens with zero attached hydrogens (tertiary/aromatic N) is 1. The van der Waals surface area contributed by atoms with Crippen molar-refractivity contribution in [2.75, 3.05) is 13.7 Å². The molecule has 0 amide bonds. The van der Waals surface area contributed by atoms with Crippen molar-refractivity contribution in [2.45, 2.75) is 44.7 Å². The maximum absolute atomic E-state index is 11.9. The number of rotatable bonds is 6. The topological polar surface area (TPSA) is 45.3 Å². The minimum Gasteiger partial charge on any atom is -0.491 e. The van der Waals surface area contributed by atoms with Crippen molar-refractivity contribution in [1.82, 2.24) is 9.88 Å². The fourth-order valence-electron chi connectivity index (χ4n) is 3.54. The van der Waals surface area contributed by atoms with Crippen LogP contribution in [0.2, 0.25) is 0 Å². The molecule has 1 aromatic carbocycles. The van der Waals surface area contributed by atoms with Gasteiger partial charge in [-0.25, -0.2) is 0 Å². The molecule has 0 bridgehead atoms. The largest absolute Gasteiger partial charge is 0.491 e. The smallest absolute Gasteiger partial charge is 0.223 e. The Morgan fingerprint density at radius 3 is 2.83 bits per heavy atom. The highest BCUT2D eigenvalue weighted by atomic mass is 16.5. The van der Waals surface area contributed by atoms with Crippen molar-refractivity contribution in [3.05, 3.63) is 64.1 Å². The fourth-order valence-corrected chi connectivity index (χ4v) is 3.54. The van der Waals surface area contributed by atoms with Crippen LogP contribution >= 0.6 is 0 Å². The molecule has 128 valence electrons. The first-order chi connectivity index (χ1) is 11.8. The number of pyridine rings is 1. The molecule has 4 heteroatoms. The molecule has 1 N–H and O–H groups in total. The monoisotopic (exact) mass is 326 g/mol. The average Bonchev–Trinajstić information content (AvgIpc) is 2.62. The number of piperidine rings is 1. The number of ether oxygens (including phenoxy) is 1. The molecule has 1 fully saturated rings. The number of aryl methyl sites for hydroxylation is 1. The lowest BCUT2D eigenvalue weighted by molar-refractivity contribution is 0.131. The second kappa shape index (κ2) is 8.15. The molecule has 0 unspecified atom stereocenters. The summed E-state index contributed by atoms with van der Waals surface area (Å²) in [7, 11) is 1.52. The van der Waals surface area contributed by atoms with E-state index in [0.29, 0.717) is 11.8 Å². The average molecular weight is 326 g/mol. The van der Waals surface area contributed by atoms with E-state index in [2.05, 4.69) is 40.2 Å². The van der Waals surface area contributed by atoms with Crippen LogP contribution in [0.1, 0.15) is 36.9 Å². The van der Waals surface area contributed by atoms with Gasteiger partial charge in [-0.1, -0.05) is 36.8 Å². The summed E-state index contributed by atoms with van der Waals surface area (Å²) in [6.07, 6.45) is 7.73. The van der Waals surface area contributed by atoms with Crippen LogP contribution in [0.4, 0.5) is 0 Å². The van der Waals surface area contributed by atoms with Crippen molar-refractivity contribution in [3.8, 4) is 5.75 Å². The first kappa shape index (κ1) is 16.8. The summed E-state index contributed by atoms with van der Waals surface area (Å²) in [5.41, 5.74) is 2.32. The summed E-state index contributed by atoms with van der Waals surface area (Å²) in [6, 6.07) is 12.9. The number of hydrogen-bond acceptors (Lipinski definition) is 3. The Morgan fingerprint density at radius 1 is 1.25 bits per heavy atom. The summed E-state index contributed by atoms with van der Waals surface area (Å²) in [5, 5.41) is 0. The molecule has 2 heterocycles. The molecular formula is C20H26N2O2. The highest BCUT2D eigenvalue weighted by Gasteiger charge is 2.22. The first-order valence-electron chi connectivity index (χ1n) is 8.80. The normalized spacial score (nSPS) is 18.5. The Morgan fingerprint density at radius 2 is 2.08 bits per heavy atom. The fraction of sp³-hybridized carbons (Fsp3) is 0.450. The third kappa shape index (κ3) is 4.26. The van der Waals surface area contributed by atoms with Crippen LogP contribution in [-0.2, 0) is 13.0 Å². The summed E-state index contributed by atoms with van der Waals surface area (Å²) in [5.74, 6) is 0.373. The van der Waals surface area contributed by atoms with Gasteiger partial charge in [0.05, 0.1) is 7.11 Å². The van der Waals surface area contributed by atoms with Gasteiger partial charge in [0, 0.05) is 30.5 Å². The SMILES string of the molecule is COc1c[nH]c(CN2CCCC[C@@H]2CCc2ccccc2)cc1=O. The zero-order valence-corrected chi connectivity index (χ0v) is 14.3. The molecule has 24 heavy (non-hydrogen) atoms. The Kier molecular flexibility index (Phi) is 5.70. The van der Waals surface area contributed by atoms with E-state index in [4.69, 9.17) is 4.74 Å². The van der Waals surface area contributed by atoms with Crippen LogP contribution in [0.5, 0.6) is 5.75 Å². The highest BCUT2D eigenvalue weighted by molar-refractivity contribution is 5.20. The maximum atomic E-state index is 11.9. The molecule has 3 rings (SSSR count). The van der Waals surface area contributed by atoms with Gasteiger partial charge in [0.1, 0.15) is 0 Å². The molecular weight excluding hydrogens is 300 g/mol. The van der Waals surface area contributed by atoms with Crippen LogP contribution in [0.25, 0.3) is 0 Å². The van der Waals surface area contributed by atoms with Gasteiger partial charge in [-0.05, 0) is 37.8 Å². The zero-order valence-electron chi connectivity index (χ0n) is 14.3. The lowest BCUT2D eigenvalue weighted by Gasteiger charge is -2.35. The van der Waals surface area contributed by atoms with Gasteiger partial charge < -0.3 is 9.72 Å². The van der Waals surface area contributed by atoms with Gasteiger partial charge in [0.2, 0.25) is 5.43 Å². The van der Waals surface area contributed by atoms with E-state index in [0.717, 1.165) is 25.2 Å². The quantitative estimate of drug-likeness (QED) is 0.885. The minimum atomic E-state index is -0.0518. The molecule has 1 saturated heterocycles. The highest BCUT2D eigenvalue weighted by Crippen LogP contribution is 2.23. The van der Waals surface area contributed by atoms with E-state index >= 15 is 0 Å². The number of aromatic amines is 1. The van der Waals surface area contributed by atoms with E-state index in [-0.39, 0.29) is 5.43 Å². The van der Waals surface area contributed by atoms with Crippen molar-refractivity contribution >= 4 is 0 Å². The number of hydrogen-bond donors (Lipinski definition) is 1. The van der Waals surface area contributed by atoms with E-state index in [1.807, 2.05) is 0 Å². The van der Waals surface area contributed by atoms with Gasteiger partial charge in [0.15, 0.2) is 5.75 Å². The summed E-state index contributed by atoms with van der Waals surface area (Å²) in [4.78, 5) is 17.7. The molecule has 1 aromatic heterocycles. The Balaban J connectivity index is 1.63. The van der Waals surface area contributed by atoms with Gasteiger partial charge in [0.25, 0.3) is 0 Å². The Hall–Kier alpha value is -2.07. The van der Waals surface area contributed by atoms with Crippen molar-refractivity contribution < 1.29 is 4.74 Å². The van der Waals surface area contributed by atoms with E-state index in [1.54, 1.807) is 12.3 Å². The van der Waals surface area contributed by atoms with Crippen LogP contribution in [0.3, 0.4) is 0 Å². The third-order valence-electron chi connectivity index (χ3n) is 4.89. The van der Waals surface area contributed by atoms with Crippen LogP contribution in [0.15, 0.2) is 47.4 Å². The predicted molar refractivity (Wildman–Crippen MR) is 96.4 cm³/mol. The van der Waals surface area contributed by atoms with Crippen LogP contribution < -0.4 is 10.2 Å². The summed E-state index contributed by atoms with van der Waals surface area (Å²) >= 11 is 0. The number of benzene rings is 1. The molecule has 0 saturated carbocycles. The van der Waals surface area contributed by atoms with Crippen LogP contribution in [-0.4, -0.2) is 29.6 Å². The van der Waals surface area contributed by atoms with Gasteiger partial charge >= 0.3 is 0 Å². The maximum Gasteiger partial charge on any atom is 0.223 e. The number of aromatic nitrogens is 1. The number of nitrogens with one attached hydrogen (secondary N) is 1. The van der Waals surface area contributed by atoms with Gasteiger partial charge in [-0.3, -0.25) is 9.69 Å². The van der Waals surface area contributed by atoms with Crippen LogP contribution in [0, 0.1) is 0 Å². The Labute approximate surface area is 143 Å². The molecule has 1 atom stereocenters. The number of likely N-dealkylation sites (tertiary alicyclic amines) is 1. The molecule has 0 aliphatic carbocycles. The zero-order chi connectivity index (χ0) is 16.8. The number of H-pyrrole nitrogens is 1. The lowest BCUT2D eigenvalue weighted by Crippen LogP contribution is -2.39. The van der Waals surface area contributed by atoms with E-state index in [1.165, 1.54) is 38.4 Å². The molecule has 0 spiro atoms. The van der Waals surface area contributed by atoms with Gasteiger partial charge in [-0.2, -0.15) is 0 Å². The predicted octanol–water partition coefficient (Wildman–Crippen LogP) is 3.37. The molecule has 1 aliphatic rings. The van der Waals surface area contributed by atoms with Crippen molar-refractivity contribution in [1.29, 1.82) is 0 Å².